The van der Waals surface area contributed by atoms with E-state index >= 15 is 0 Å². The van der Waals surface area contributed by atoms with Crippen molar-refractivity contribution in [1.29, 1.82) is 0 Å². The summed E-state index contributed by atoms with van der Waals surface area (Å²) in [5.41, 5.74) is 3.55. The van der Waals surface area contributed by atoms with E-state index in [1.54, 1.807) is 42.5 Å². The fourth-order valence-electron chi connectivity index (χ4n) is 3.29. The van der Waals surface area contributed by atoms with Gasteiger partial charge in [0.05, 0.1) is 10.6 Å². The van der Waals surface area contributed by atoms with Crippen LogP contribution < -0.4 is 20.7 Å². The molecule has 3 rings (SSSR count). The van der Waals surface area contributed by atoms with E-state index in [2.05, 4.69) is 52.7 Å². The highest BCUT2D eigenvalue weighted by molar-refractivity contribution is 9.10. The maximum atomic E-state index is 12.6. The van der Waals surface area contributed by atoms with Crippen LogP contribution in [0.2, 0.25) is 0 Å². The van der Waals surface area contributed by atoms with Gasteiger partial charge >= 0.3 is 0 Å². The van der Waals surface area contributed by atoms with E-state index < -0.39 is 0 Å². The van der Waals surface area contributed by atoms with Crippen molar-refractivity contribution >= 4 is 56.4 Å². The Balaban J connectivity index is 1.55. The minimum absolute atomic E-state index is 0.0254. The predicted octanol–water partition coefficient (Wildman–Crippen LogP) is 6.91. The summed E-state index contributed by atoms with van der Waals surface area (Å²) >= 11 is 8.71. The number of carbonyl (C=O) groups excluding carboxylic acids is 2. The van der Waals surface area contributed by atoms with Gasteiger partial charge in [-0.2, -0.15) is 0 Å². The molecule has 3 aromatic carbocycles. The Morgan fingerprint density at radius 2 is 1.39 bits per heavy atom. The molecule has 0 heterocycles. The lowest BCUT2D eigenvalue weighted by molar-refractivity contribution is 0.0976. The fourth-order valence-corrected chi connectivity index (χ4v) is 3.97. The number of nitrogens with one attached hydrogen (secondary N) is 3. The van der Waals surface area contributed by atoms with Gasteiger partial charge in [0.1, 0.15) is 5.75 Å². The Labute approximate surface area is 226 Å². The molecule has 0 aliphatic rings. The smallest absolute Gasteiger partial charge is 0.257 e. The minimum Gasteiger partial charge on any atom is -0.490 e. The van der Waals surface area contributed by atoms with E-state index in [0.717, 1.165) is 0 Å². The Bertz CT molecular complexity index is 1250. The van der Waals surface area contributed by atoms with Crippen LogP contribution in [0.25, 0.3) is 0 Å². The van der Waals surface area contributed by atoms with Crippen molar-refractivity contribution in [2.24, 2.45) is 0 Å². The third kappa shape index (κ3) is 7.63. The molecular weight excluding hydrogens is 538 g/mol. The SMILES string of the molecule is CC(C)Oc1ccc(C(=O)NC(=S)Nc2ccc(NC(=O)c3ccc(C(C)(C)C)cc3)cc2)cc1Br. The van der Waals surface area contributed by atoms with Crippen molar-refractivity contribution in [3.05, 3.63) is 87.9 Å². The van der Waals surface area contributed by atoms with Crippen LogP contribution in [0.15, 0.2) is 71.2 Å². The molecule has 0 aliphatic heterocycles. The Morgan fingerprint density at radius 1 is 0.833 bits per heavy atom. The minimum atomic E-state index is -0.342. The normalized spacial score (nSPS) is 11.1. The summed E-state index contributed by atoms with van der Waals surface area (Å²) in [5.74, 6) is 0.136. The lowest BCUT2D eigenvalue weighted by Crippen LogP contribution is -2.34. The highest BCUT2D eigenvalue weighted by Crippen LogP contribution is 2.27. The van der Waals surface area contributed by atoms with Gasteiger partial charge in [0.2, 0.25) is 0 Å². The number of ether oxygens (including phenoxy) is 1. The standard InChI is InChI=1S/C28H30BrN3O3S/c1-17(2)35-24-15-8-19(16-23(24)29)26(34)32-27(36)31-22-13-11-21(12-14-22)30-25(33)18-6-9-20(10-7-18)28(3,4)5/h6-17H,1-5H3,(H,30,33)(H2,31,32,34,36). The quantitative estimate of drug-likeness (QED) is 0.282. The van der Waals surface area contributed by atoms with Gasteiger partial charge in [0.15, 0.2) is 5.11 Å². The second-order valence-electron chi connectivity index (χ2n) is 9.58. The molecule has 3 N–H and O–H groups in total. The molecule has 0 saturated heterocycles. The lowest BCUT2D eigenvalue weighted by Gasteiger charge is -2.19. The first kappa shape index (κ1) is 27.4. The van der Waals surface area contributed by atoms with Crippen molar-refractivity contribution in [1.82, 2.24) is 5.32 Å². The van der Waals surface area contributed by atoms with Crippen LogP contribution in [0.5, 0.6) is 5.75 Å². The van der Waals surface area contributed by atoms with Crippen molar-refractivity contribution in [2.75, 3.05) is 10.6 Å². The summed E-state index contributed by atoms with van der Waals surface area (Å²) in [6.07, 6.45) is 0.0254. The van der Waals surface area contributed by atoms with E-state index in [-0.39, 0.29) is 28.4 Å². The van der Waals surface area contributed by atoms with Gasteiger partial charge in [-0.25, -0.2) is 0 Å². The monoisotopic (exact) mass is 567 g/mol. The van der Waals surface area contributed by atoms with Crippen LogP contribution in [-0.4, -0.2) is 23.0 Å². The van der Waals surface area contributed by atoms with E-state index in [1.807, 2.05) is 38.1 Å². The number of hydrogen-bond acceptors (Lipinski definition) is 4. The molecule has 0 aromatic heterocycles. The molecule has 2 amide bonds. The van der Waals surface area contributed by atoms with Crippen LogP contribution in [0.3, 0.4) is 0 Å². The van der Waals surface area contributed by atoms with Gasteiger partial charge in [-0.15, -0.1) is 0 Å². The molecule has 188 valence electrons. The topological polar surface area (TPSA) is 79.5 Å². The largest absolute Gasteiger partial charge is 0.490 e. The molecule has 3 aromatic rings. The number of carbonyl (C=O) groups is 2. The third-order valence-corrected chi connectivity index (χ3v) is 6.02. The van der Waals surface area contributed by atoms with Crippen LogP contribution in [-0.2, 0) is 5.41 Å². The van der Waals surface area contributed by atoms with E-state index in [1.165, 1.54) is 5.56 Å². The highest BCUT2D eigenvalue weighted by atomic mass is 79.9. The van der Waals surface area contributed by atoms with Crippen LogP contribution >= 0.6 is 28.1 Å². The number of anilines is 2. The molecule has 0 spiro atoms. The first-order valence-electron chi connectivity index (χ1n) is 11.5. The molecule has 6 nitrogen and oxygen atoms in total. The second kappa shape index (κ2) is 11.7. The molecule has 0 radical (unpaired) electrons. The summed E-state index contributed by atoms with van der Waals surface area (Å²) < 4.78 is 6.36. The van der Waals surface area contributed by atoms with Gasteiger partial charge in [-0.05, 0) is 108 Å². The molecule has 0 bridgehead atoms. The van der Waals surface area contributed by atoms with Crippen molar-refractivity contribution in [3.63, 3.8) is 0 Å². The fraction of sp³-hybridized carbons (Fsp3) is 0.250. The Kier molecular flexibility index (Phi) is 8.87. The van der Waals surface area contributed by atoms with E-state index in [9.17, 15) is 9.59 Å². The molecule has 0 aliphatic carbocycles. The van der Waals surface area contributed by atoms with Gasteiger partial charge in [0.25, 0.3) is 11.8 Å². The molecule has 0 unspecified atom stereocenters. The van der Waals surface area contributed by atoms with Crippen molar-refractivity contribution in [3.8, 4) is 5.75 Å². The summed E-state index contributed by atoms with van der Waals surface area (Å²) in [7, 11) is 0. The number of rotatable bonds is 6. The number of amides is 2. The zero-order valence-electron chi connectivity index (χ0n) is 20.9. The number of hydrogen-bond donors (Lipinski definition) is 3. The van der Waals surface area contributed by atoms with E-state index in [4.69, 9.17) is 17.0 Å². The number of benzene rings is 3. The van der Waals surface area contributed by atoms with Gasteiger partial charge in [-0.1, -0.05) is 32.9 Å². The molecular formula is C28H30BrN3O3S. The van der Waals surface area contributed by atoms with Gasteiger partial charge in [-0.3, -0.25) is 14.9 Å². The Morgan fingerprint density at radius 3 is 1.92 bits per heavy atom. The van der Waals surface area contributed by atoms with Crippen molar-refractivity contribution < 1.29 is 14.3 Å². The zero-order chi connectivity index (χ0) is 26.5. The van der Waals surface area contributed by atoms with Gasteiger partial charge < -0.3 is 15.4 Å². The predicted molar refractivity (Wildman–Crippen MR) is 153 cm³/mol. The number of halogens is 1. The van der Waals surface area contributed by atoms with Crippen LogP contribution in [0, 0.1) is 0 Å². The number of thiocarbonyl (C=S) groups is 1. The second-order valence-corrected chi connectivity index (χ2v) is 10.8. The Hall–Kier alpha value is -3.23. The average molecular weight is 569 g/mol. The first-order chi connectivity index (χ1) is 16.9. The lowest BCUT2D eigenvalue weighted by atomic mass is 9.87. The van der Waals surface area contributed by atoms with Crippen LogP contribution in [0.4, 0.5) is 11.4 Å². The third-order valence-electron chi connectivity index (χ3n) is 5.20. The summed E-state index contributed by atoms with van der Waals surface area (Å²) in [4.78, 5) is 25.2. The van der Waals surface area contributed by atoms with Crippen molar-refractivity contribution in [2.45, 2.75) is 46.1 Å². The highest BCUT2D eigenvalue weighted by Gasteiger charge is 2.15. The maximum Gasteiger partial charge on any atom is 0.257 e. The molecule has 36 heavy (non-hydrogen) atoms. The summed E-state index contributed by atoms with van der Waals surface area (Å²) in [6, 6.07) is 19.8. The molecule has 8 heteroatoms. The summed E-state index contributed by atoms with van der Waals surface area (Å²) in [6.45, 7) is 10.3. The summed E-state index contributed by atoms with van der Waals surface area (Å²) in [5, 5.41) is 8.69. The molecule has 0 fully saturated rings. The van der Waals surface area contributed by atoms with E-state index in [0.29, 0.717) is 32.7 Å². The molecule has 0 atom stereocenters. The molecule has 0 saturated carbocycles. The van der Waals surface area contributed by atoms with Gasteiger partial charge in [0, 0.05) is 22.5 Å². The average Bonchev–Trinajstić information content (AvgIpc) is 2.80. The maximum absolute atomic E-state index is 12.6. The zero-order valence-corrected chi connectivity index (χ0v) is 23.3. The van der Waals surface area contributed by atoms with Crippen LogP contribution in [0.1, 0.15) is 60.9 Å². The first-order valence-corrected chi connectivity index (χ1v) is 12.7.